The number of aromatic nitrogens is 5. The number of fused-ring (bicyclic) bond motifs is 1. The Kier molecular flexibility index (Phi) is 5.87. The number of anilines is 1. The first-order chi connectivity index (χ1) is 17.3. The van der Waals surface area contributed by atoms with Crippen molar-refractivity contribution in [3.05, 3.63) is 66.6 Å². The number of nitrogens with two attached hydrogens (primary N) is 1. The van der Waals surface area contributed by atoms with Crippen molar-refractivity contribution in [2.45, 2.75) is 32.2 Å². The SMILES string of the molecule is C=CC(=O)N1C[C@H](c2c(-c3ccc(Oc4nccc(C)n4)cc3F)c3c(N)ncnc3n2C)C[C@@H]1C. The van der Waals surface area contributed by atoms with Crippen molar-refractivity contribution in [3.8, 4) is 22.9 Å². The Balaban J connectivity index is 1.63. The number of rotatable bonds is 5. The van der Waals surface area contributed by atoms with Gasteiger partial charge in [0, 0.05) is 60.3 Å². The molecule has 1 fully saturated rings. The van der Waals surface area contributed by atoms with Crippen LogP contribution in [0.1, 0.15) is 30.7 Å². The van der Waals surface area contributed by atoms with Crippen LogP contribution in [-0.2, 0) is 11.8 Å². The van der Waals surface area contributed by atoms with Crippen LogP contribution in [0.15, 0.2) is 49.4 Å². The van der Waals surface area contributed by atoms with Crippen LogP contribution in [0.2, 0.25) is 0 Å². The van der Waals surface area contributed by atoms with Gasteiger partial charge < -0.3 is 19.9 Å². The minimum Gasteiger partial charge on any atom is -0.424 e. The third-order valence-corrected chi connectivity index (χ3v) is 6.65. The number of aryl methyl sites for hydroxylation is 2. The summed E-state index contributed by atoms with van der Waals surface area (Å²) in [6, 6.07) is 6.50. The zero-order valence-corrected chi connectivity index (χ0v) is 20.3. The summed E-state index contributed by atoms with van der Waals surface area (Å²) < 4.78 is 23.3. The fourth-order valence-electron chi connectivity index (χ4n) is 5.04. The summed E-state index contributed by atoms with van der Waals surface area (Å²) in [5.41, 5.74) is 9.43. The van der Waals surface area contributed by atoms with E-state index in [1.807, 2.05) is 25.5 Å². The van der Waals surface area contributed by atoms with Crippen LogP contribution in [0.4, 0.5) is 10.2 Å². The van der Waals surface area contributed by atoms with E-state index in [0.29, 0.717) is 35.1 Å². The number of likely N-dealkylation sites (tertiary alicyclic amines) is 1. The maximum Gasteiger partial charge on any atom is 0.322 e. The van der Waals surface area contributed by atoms with Crippen LogP contribution in [0, 0.1) is 12.7 Å². The molecular weight excluding hydrogens is 461 g/mol. The second-order valence-electron chi connectivity index (χ2n) is 8.98. The Hall–Kier alpha value is -4.34. The average molecular weight is 488 g/mol. The lowest BCUT2D eigenvalue weighted by molar-refractivity contribution is -0.126. The highest BCUT2D eigenvalue weighted by molar-refractivity contribution is 6.03. The molecule has 0 saturated carbocycles. The van der Waals surface area contributed by atoms with Gasteiger partial charge in [0.2, 0.25) is 5.91 Å². The van der Waals surface area contributed by atoms with E-state index in [0.717, 1.165) is 11.4 Å². The van der Waals surface area contributed by atoms with Gasteiger partial charge in [0.05, 0.1) is 5.39 Å². The van der Waals surface area contributed by atoms with Gasteiger partial charge in [-0.1, -0.05) is 6.58 Å². The topological polar surface area (TPSA) is 112 Å². The highest BCUT2D eigenvalue weighted by Crippen LogP contribution is 2.44. The number of nitrogens with zero attached hydrogens (tertiary/aromatic N) is 6. The lowest BCUT2D eigenvalue weighted by Crippen LogP contribution is -2.32. The molecule has 2 N–H and O–H groups in total. The molecule has 0 radical (unpaired) electrons. The fraction of sp³-hybridized carbons (Fsp3) is 0.269. The van der Waals surface area contributed by atoms with Crippen LogP contribution in [0.25, 0.3) is 22.2 Å². The predicted molar refractivity (Wildman–Crippen MR) is 134 cm³/mol. The van der Waals surface area contributed by atoms with Crippen LogP contribution in [0.5, 0.6) is 11.8 Å². The van der Waals surface area contributed by atoms with E-state index in [-0.39, 0.29) is 35.4 Å². The van der Waals surface area contributed by atoms with Crippen molar-refractivity contribution in [1.29, 1.82) is 0 Å². The molecule has 36 heavy (non-hydrogen) atoms. The summed E-state index contributed by atoms with van der Waals surface area (Å²) in [6.07, 6.45) is 5.00. The monoisotopic (exact) mass is 487 g/mol. The molecular formula is C26H26FN7O2. The second-order valence-corrected chi connectivity index (χ2v) is 8.98. The normalized spacial score (nSPS) is 17.5. The maximum absolute atomic E-state index is 15.7. The summed E-state index contributed by atoms with van der Waals surface area (Å²) in [4.78, 5) is 31.1. The number of amides is 1. The molecule has 1 aliphatic heterocycles. The number of halogens is 1. The largest absolute Gasteiger partial charge is 0.424 e. The van der Waals surface area contributed by atoms with E-state index in [1.54, 1.807) is 29.3 Å². The van der Waals surface area contributed by atoms with Crippen molar-refractivity contribution in [3.63, 3.8) is 0 Å². The van der Waals surface area contributed by atoms with Crippen molar-refractivity contribution in [2.24, 2.45) is 7.05 Å². The Morgan fingerprint density at radius 3 is 2.81 bits per heavy atom. The van der Waals surface area contributed by atoms with Gasteiger partial charge in [-0.3, -0.25) is 4.79 Å². The molecule has 4 heterocycles. The van der Waals surface area contributed by atoms with Crippen molar-refractivity contribution < 1.29 is 13.9 Å². The van der Waals surface area contributed by atoms with Crippen LogP contribution >= 0.6 is 0 Å². The summed E-state index contributed by atoms with van der Waals surface area (Å²) in [5.74, 6) is -0.161. The number of carbonyl (C=O) groups is 1. The van der Waals surface area contributed by atoms with Gasteiger partial charge in [-0.05, 0) is 44.5 Å². The molecule has 184 valence electrons. The Morgan fingerprint density at radius 2 is 2.08 bits per heavy atom. The first-order valence-corrected chi connectivity index (χ1v) is 11.6. The molecule has 4 aromatic rings. The Bertz CT molecular complexity index is 1500. The summed E-state index contributed by atoms with van der Waals surface area (Å²) >= 11 is 0. The van der Waals surface area contributed by atoms with Crippen LogP contribution in [0.3, 0.4) is 0 Å². The molecule has 3 aromatic heterocycles. The number of benzene rings is 1. The quantitative estimate of drug-likeness (QED) is 0.421. The molecule has 9 nitrogen and oxygen atoms in total. The zero-order valence-electron chi connectivity index (χ0n) is 20.3. The minimum atomic E-state index is -0.498. The standard InChI is InChI=1S/C26H26FN7O2/c1-5-20(35)34-12-16(10-15(34)3)23-21(22-24(28)30-13-31-25(22)33(23)4)18-7-6-17(11-19(18)27)36-26-29-9-8-14(2)32-26/h5-9,11,13,15-16H,1,10,12H2,2-4H3,(H2,28,30,31)/t15-,16+/m0/s1. The first-order valence-electron chi connectivity index (χ1n) is 11.6. The Morgan fingerprint density at radius 1 is 1.28 bits per heavy atom. The van der Waals surface area contributed by atoms with Crippen molar-refractivity contribution in [2.75, 3.05) is 12.3 Å². The highest BCUT2D eigenvalue weighted by atomic mass is 19.1. The Labute approximate surface area is 207 Å². The summed E-state index contributed by atoms with van der Waals surface area (Å²) in [7, 11) is 1.88. The molecule has 0 aliphatic carbocycles. The lowest BCUT2D eigenvalue weighted by Gasteiger charge is -2.19. The number of carbonyl (C=O) groups excluding carboxylic acids is 1. The minimum absolute atomic E-state index is 0.00439. The van der Waals surface area contributed by atoms with Gasteiger partial charge in [0.15, 0.2) is 0 Å². The molecule has 10 heteroatoms. The van der Waals surface area contributed by atoms with E-state index >= 15 is 4.39 Å². The smallest absolute Gasteiger partial charge is 0.322 e. The molecule has 1 aromatic carbocycles. The zero-order chi connectivity index (χ0) is 25.6. The molecule has 1 aliphatic rings. The molecule has 1 saturated heterocycles. The lowest BCUT2D eigenvalue weighted by atomic mass is 9.93. The van der Waals surface area contributed by atoms with Crippen LogP contribution < -0.4 is 10.5 Å². The average Bonchev–Trinajstić information content (AvgIpc) is 3.37. The van der Waals surface area contributed by atoms with E-state index < -0.39 is 5.82 Å². The molecule has 5 rings (SSSR count). The summed E-state index contributed by atoms with van der Waals surface area (Å²) in [5, 5.41) is 0.575. The van der Waals surface area contributed by atoms with Gasteiger partial charge in [-0.2, -0.15) is 0 Å². The van der Waals surface area contributed by atoms with Gasteiger partial charge in [0.1, 0.15) is 29.4 Å². The number of hydrogen-bond donors (Lipinski definition) is 1. The third kappa shape index (κ3) is 3.94. The van der Waals surface area contributed by atoms with E-state index in [2.05, 4.69) is 26.5 Å². The predicted octanol–water partition coefficient (Wildman–Crippen LogP) is 4.14. The van der Waals surface area contributed by atoms with Gasteiger partial charge in [-0.15, -0.1) is 0 Å². The first kappa shape index (κ1) is 23.4. The van der Waals surface area contributed by atoms with Gasteiger partial charge in [-0.25, -0.2) is 24.3 Å². The molecule has 1 amide bonds. The second kappa shape index (κ2) is 9.03. The summed E-state index contributed by atoms with van der Waals surface area (Å²) in [6.45, 7) is 7.91. The number of hydrogen-bond acceptors (Lipinski definition) is 7. The van der Waals surface area contributed by atoms with E-state index in [9.17, 15) is 4.79 Å². The fourth-order valence-corrected chi connectivity index (χ4v) is 5.04. The molecule has 2 atom stereocenters. The van der Waals surface area contributed by atoms with Crippen molar-refractivity contribution >= 4 is 22.8 Å². The van der Waals surface area contributed by atoms with E-state index in [1.165, 1.54) is 18.5 Å². The van der Waals surface area contributed by atoms with Crippen LogP contribution in [-0.4, -0.2) is 47.9 Å². The highest BCUT2D eigenvalue weighted by Gasteiger charge is 2.37. The van der Waals surface area contributed by atoms with E-state index in [4.69, 9.17) is 10.5 Å². The third-order valence-electron chi connectivity index (χ3n) is 6.65. The molecule has 0 spiro atoms. The molecule has 0 bridgehead atoms. The number of nitrogen functional groups attached to an aromatic ring is 1. The van der Waals surface area contributed by atoms with Gasteiger partial charge in [0.25, 0.3) is 0 Å². The maximum atomic E-state index is 15.7. The van der Waals surface area contributed by atoms with Gasteiger partial charge >= 0.3 is 6.01 Å². The van der Waals surface area contributed by atoms with Crippen molar-refractivity contribution in [1.82, 2.24) is 29.4 Å². The molecule has 0 unspecified atom stereocenters. The number of ether oxygens (including phenoxy) is 1.